The summed E-state index contributed by atoms with van der Waals surface area (Å²) in [5, 5.41) is 4.26. The molecule has 0 saturated heterocycles. The molecule has 0 N–H and O–H groups in total. The van der Waals surface area contributed by atoms with Crippen LogP contribution >= 0.6 is 0 Å². The van der Waals surface area contributed by atoms with E-state index in [2.05, 4.69) is 75.6 Å². The molecule has 12 aromatic rings. The van der Waals surface area contributed by atoms with Gasteiger partial charge in [-0.25, -0.2) is 24.5 Å². The first-order valence-corrected chi connectivity index (χ1v) is 22.6. The topological polar surface area (TPSA) is 151 Å². The summed E-state index contributed by atoms with van der Waals surface area (Å²) in [5.41, 5.74) is 14.6. The summed E-state index contributed by atoms with van der Waals surface area (Å²) >= 11 is 0. The molecule has 0 aliphatic carbocycles. The summed E-state index contributed by atoms with van der Waals surface area (Å²) in [6.45, 7) is 5.68. The molecule has 0 bridgehead atoms. The Labute approximate surface area is 387 Å². The van der Waals surface area contributed by atoms with Crippen LogP contribution < -0.4 is 11.3 Å². The van der Waals surface area contributed by atoms with E-state index in [4.69, 9.17) is 28.2 Å². The van der Waals surface area contributed by atoms with Crippen molar-refractivity contribution in [2.45, 2.75) is 46.5 Å². The smallest absolute Gasteiger partial charge is 0.347 e. The number of pyridine rings is 6. The van der Waals surface area contributed by atoms with Gasteiger partial charge in [0.2, 0.25) is 17.1 Å². The summed E-state index contributed by atoms with van der Waals surface area (Å²) in [6.07, 6.45) is 8.27. The predicted molar refractivity (Wildman–Crippen MR) is 266 cm³/mol. The largest absolute Gasteiger partial charge is 0.437 e. The van der Waals surface area contributed by atoms with Gasteiger partial charge >= 0.3 is 11.3 Å². The summed E-state index contributed by atoms with van der Waals surface area (Å²) in [7, 11) is 0. The van der Waals surface area contributed by atoms with Crippen molar-refractivity contribution in [3.8, 4) is 33.5 Å². The van der Waals surface area contributed by atoms with Crippen LogP contribution in [-0.4, -0.2) is 29.9 Å². The second kappa shape index (κ2) is 16.3. The first-order valence-electron chi connectivity index (χ1n) is 22.6. The Balaban J connectivity index is 0.893. The maximum Gasteiger partial charge on any atom is 0.347 e. The number of hydrogen-bond acceptors (Lipinski definition) is 11. The monoisotopic (exact) mass is 888 g/mol. The van der Waals surface area contributed by atoms with E-state index in [1.807, 2.05) is 100 Å². The minimum absolute atomic E-state index is 0.288. The summed E-state index contributed by atoms with van der Waals surface area (Å²) in [5.74, 6) is 0. The van der Waals surface area contributed by atoms with Gasteiger partial charge in [0.15, 0.2) is 0 Å². The molecule has 68 heavy (non-hydrogen) atoms. The average molecular weight is 889 g/mol. The van der Waals surface area contributed by atoms with Crippen LogP contribution in [0.1, 0.15) is 39.3 Å². The fourth-order valence-electron chi connectivity index (χ4n) is 9.35. The number of rotatable bonds is 9. The summed E-state index contributed by atoms with van der Waals surface area (Å²) in [6, 6.07) is 40.8. The molecular weight excluding hydrogens is 849 g/mol. The molecule has 0 atom stereocenters. The Hall–Kier alpha value is -8.70. The number of nitrogens with zero attached hydrogens (tertiary/aromatic N) is 6. The zero-order valence-corrected chi connectivity index (χ0v) is 37.3. The molecule has 11 heteroatoms. The van der Waals surface area contributed by atoms with Gasteiger partial charge in [0.1, 0.15) is 5.58 Å². The van der Waals surface area contributed by atoms with Crippen molar-refractivity contribution in [1.82, 2.24) is 29.9 Å². The van der Waals surface area contributed by atoms with Crippen molar-refractivity contribution in [2.24, 2.45) is 0 Å². The van der Waals surface area contributed by atoms with Gasteiger partial charge in [-0.1, -0.05) is 60.7 Å². The van der Waals surface area contributed by atoms with Crippen molar-refractivity contribution in [3.63, 3.8) is 0 Å². The quantitative estimate of drug-likeness (QED) is 0.127. The van der Waals surface area contributed by atoms with Crippen LogP contribution in [0.5, 0.6) is 0 Å². The number of furan rings is 1. The van der Waals surface area contributed by atoms with Crippen molar-refractivity contribution < 1.29 is 13.3 Å². The lowest BCUT2D eigenvalue weighted by molar-refractivity contribution is 0.556. The van der Waals surface area contributed by atoms with E-state index in [1.54, 1.807) is 0 Å². The number of benzene rings is 3. The highest BCUT2D eigenvalue weighted by Crippen LogP contribution is 2.37. The van der Waals surface area contributed by atoms with E-state index >= 15 is 0 Å². The van der Waals surface area contributed by atoms with Gasteiger partial charge in [0.05, 0.1) is 38.3 Å². The maximum absolute atomic E-state index is 13.2. The number of aryl methyl sites for hydroxylation is 7. The molecule has 9 aromatic heterocycles. The fraction of sp³-hybridized carbons (Fsp3) is 0.123. The van der Waals surface area contributed by atoms with Crippen LogP contribution in [0.15, 0.2) is 163 Å². The maximum atomic E-state index is 13.2. The molecule has 0 amide bonds. The molecule has 9 heterocycles. The minimum Gasteiger partial charge on any atom is -0.437 e. The lowest BCUT2D eigenvalue weighted by atomic mass is 9.90. The van der Waals surface area contributed by atoms with Gasteiger partial charge in [-0.3, -0.25) is 15.0 Å². The summed E-state index contributed by atoms with van der Waals surface area (Å²) < 4.78 is 17.6. The number of aromatic nitrogens is 6. The molecule has 11 nitrogen and oxygen atoms in total. The van der Waals surface area contributed by atoms with Gasteiger partial charge in [0, 0.05) is 57.6 Å². The molecule has 0 aliphatic heterocycles. The minimum atomic E-state index is -0.455. The first-order chi connectivity index (χ1) is 33.2. The highest BCUT2D eigenvalue weighted by Gasteiger charge is 2.17. The van der Waals surface area contributed by atoms with Crippen LogP contribution in [0.4, 0.5) is 0 Å². The first kappa shape index (κ1) is 40.8. The van der Waals surface area contributed by atoms with Crippen LogP contribution in [0.3, 0.4) is 0 Å². The average Bonchev–Trinajstić information content (AvgIpc) is 3.73. The standard InChI is InChI=1S/C57H40N6O5/c1-31-11-19-43-42-9-6-10-44(52(42)66-53(43)61-31)49-22-18-38(30-58-49)40-7-4-5-8-41(40)39-24-34(14-16-36-26-47-50(59-28-36)45-20-12-32(2)62-54(45)67-56(47)64)23-35(25-39)15-17-37-27-48-51(60-29-37)46-21-13-33(3)63-55(46)68-57(48)65/h4-13,18-30H,14-17H2,1-3H3. The predicted octanol–water partition coefficient (Wildman–Crippen LogP) is 12.0. The van der Waals surface area contributed by atoms with E-state index in [0.29, 0.717) is 64.0 Å². The molecule has 12 rings (SSSR count). The van der Waals surface area contributed by atoms with Gasteiger partial charge < -0.3 is 13.3 Å². The molecule has 0 saturated carbocycles. The molecule has 0 radical (unpaired) electrons. The van der Waals surface area contributed by atoms with Crippen LogP contribution in [0, 0.1) is 20.8 Å². The number of hydrogen-bond donors (Lipinski definition) is 0. The lowest BCUT2D eigenvalue weighted by Crippen LogP contribution is -2.04. The third-order valence-corrected chi connectivity index (χ3v) is 12.8. The number of fused-ring (bicyclic) bond motifs is 9. The molecule has 0 aliphatic rings. The third-order valence-electron chi connectivity index (χ3n) is 12.8. The van der Waals surface area contributed by atoms with E-state index in [0.717, 1.165) is 89.2 Å². The highest BCUT2D eigenvalue weighted by molar-refractivity contribution is 6.08. The fourth-order valence-corrected chi connectivity index (χ4v) is 9.35. The van der Waals surface area contributed by atoms with Crippen LogP contribution in [0.2, 0.25) is 0 Å². The van der Waals surface area contributed by atoms with Crippen molar-refractivity contribution in [2.75, 3.05) is 0 Å². The van der Waals surface area contributed by atoms with Gasteiger partial charge in [-0.15, -0.1) is 0 Å². The highest BCUT2D eigenvalue weighted by atomic mass is 16.4. The zero-order valence-electron chi connectivity index (χ0n) is 37.3. The molecule has 0 fully saturated rings. The van der Waals surface area contributed by atoms with E-state index in [1.165, 1.54) is 0 Å². The Kier molecular flexibility index (Phi) is 9.79. The van der Waals surface area contributed by atoms with Crippen molar-refractivity contribution in [1.29, 1.82) is 0 Å². The molecular formula is C57H40N6O5. The Morgan fingerprint density at radius 1 is 0.397 bits per heavy atom. The Bertz CT molecular complexity index is 3980. The molecule has 0 spiro atoms. The second-order valence-electron chi connectivity index (χ2n) is 17.5. The second-order valence-corrected chi connectivity index (χ2v) is 17.5. The van der Waals surface area contributed by atoms with Crippen molar-refractivity contribution >= 4 is 66.1 Å². The van der Waals surface area contributed by atoms with Crippen LogP contribution in [-0.2, 0) is 25.7 Å². The lowest BCUT2D eigenvalue weighted by Gasteiger charge is -2.15. The summed E-state index contributed by atoms with van der Waals surface area (Å²) in [4.78, 5) is 54.3. The molecule has 0 unspecified atom stereocenters. The Morgan fingerprint density at radius 2 is 0.912 bits per heavy atom. The number of para-hydroxylation sites is 1. The Morgan fingerprint density at radius 3 is 1.47 bits per heavy atom. The van der Waals surface area contributed by atoms with Crippen molar-refractivity contribution in [3.05, 3.63) is 200 Å². The molecule has 3 aromatic carbocycles. The van der Waals surface area contributed by atoms with Crippen LogP contribution in [0.25, 0.3) is 99.6 Å². The molecule has 328 valence electrons. The van der Waals surface area contributed by atoms with Gasteiger partial charge in [0.25, 0.3) is 0 Å². The third kappa shape index (κ3) is 7.34. The SMILES string of the molecule is Cc1ccc2c(n1)oc1c(-c3ccc(-c4ccccc4-c4cc(CCc5cnc6c(c5)c(=O)oc5nc(C)ccc56)cc(CCc5cnc6c(c5)c(=O)oc5nc(C)ccc56)c4)cn3)cccc12. The van der Waals surface area contributed by atoms with E-state index < -0.39 is 11.3 Å². The zero-order chi connectivity index (χ0) is 46.0. The van der Waals surface area contributed by atoms with Gasteiger partial charge in [-0.05, 0) is 146 Å². The van der Waals surface area contributed by atoms with E-state index in [-0.39, 0.29) is 11.4 Å². The van der Waals surface area contributed by atoms with E-state index in [9.17, 15) is 9.59 Å². The van der Waals surface area contributed by atoms with Gasteiger partial charge in [-0.2, -0.15) is 0 Å². The normalized spacial score (nSPS) is 11.8.